The van der Waals surface area contributed by atoms with E-state index in [1.807, 2.05) is 58.9 Å². The maximum Gasteiger partial charge on any atom is 0.122 e. The predicted molar refractivity (Wildman–Crippen MR) is 119 cm³/mol. The van der Waals surface area contributed by atoms with Gasteiger partial charge in [-0.2, -0.15) is 0 Å². The monoisotopic (exact) mass is 395 g/mol. The third-order valence-corrected chi connectivity index (χ3v) is 4.16. The van der Waals surface area contributed by atoms with Gasteiger partial charge >= 0.3 is 0 Å². The maximum absolute atomic E-state index is 13.7. The Hall–Kier alpha value is -1.65. The molecular formula is C22H35ClFN3. The van der Waals surface area contributed by atoms with Gasteiger partial charge in [0.25, 0.3) is 0 Å². The molecule has 0 aromatic heterocycles. The second kappa shape index (κ2) is 14.4. The molecule has 0 radical (unpaired) electrons. The van der Waals surface area contributed by atoms with Gasteiger partial charge in [-0.3, -0.25) is 4.99 Å². The Morgan fingerprint density at radius 2 is 2.04 bits per heavy atom. The van der Waals surface area contributed by atoms with Gasteiger partial charge in [-0.05, 0) is 31.8 Å². The summed E-state index contributed by atoms with van der Waals surface area (Å²) in [7, 11) is 0. The molecule has 0 aromatic carbocycles. The molecule has 152 valence electrons. The maximum atomic E-state index is 13.7. The fourth-order valence-corrected chi connectivity index (χ4v) is 2.19. The van der Waals surface area contributed by atoms with Crippen LogP contribution >= 0.6 is 11.6 Å². The molecule has 0 aliphatic rings. The van der Waals surface area contributed by atoms with Crippen LogP contribution in [0.25, 0.3) is 0 Å². The van der Waals surface area contributed by atoms with Crippen molar-refractivity contribution in [2.75, 3.05) is 13.1 Å². The highest BCUT2D eigenvalue weighted by molar-refractivity contribution is 6.31. The Bertz CT molecular complexity index is 601. The molecule has 2 atom stereocenters. The number of halogens is 2. The number of hydrogen-bond donors (Lipinski definition) is 2. The van der Waals surface area contributed by atoms with Gasteiger partial charge in [-0.25, -0.2) is 4.39 Å². The summed E-state index contributed by atoms with van der Waals surface area (Å²) < 4.78 is 13.7. The van der Waals surface area contributed by atoms with E-state index in [4.69, 9.17) is 17.3 Å². The number of nitrogens with two attached hydrogens (primary N) is 1. The fourth-order valence-electron chi connectivity index (χ4n) is 2.01. The lowest BCUT2D eigenvalue weighted by atomic mass is 10.1. The predicted octanol–water partition coefficient (Wildman–Crippen LogP) is 5.46. The minimum Gasteiger partial charge on any atom is -0.386 e. The first-order valence-corrected chi connectivity index (χ1v) is 9.78. The van der Waals surface area contributed by atoms with Crippen LogP contribution in [0.3, 0.4) is 0 Å². The average molecular weight is 396 g/mol. The van der Waals surface area contributed by atoms with E-state index in [9.17, 15) is 4.39 Å². The topological polar surface area (TPSA) is 50.4 Å². The van der Waals surface area contributed by atoms with Gasteiger partial charge < -0.3 is 11.1 Å². The summed E-state index contributed by atoms with van der Waals surface area (Å²) >= 11 is 6.08. The van der Waals surface area contributed by atoms with Gasteiger partial charge in [0.15, 0.2) is 0 Å². The Morgan fingerprint density at radius 1 is 1.37 bits per heavy atom. The molecule has 0 aliphatic carbocycles. The standard InChI is InChI=1S/C22H35ClFN3/c1-7-9-10-22(25)20(18(6)23)14-26-12-19(11-17(5)8-2)13-27-15-21(24)16(3)4/h8-11,13-14,16,21-22,26H,6-7,12,15,25H2,1-5H3/b10-9-,17-8+,19-11-,20-14-,27-13-. The van der Waals surface area contributed by atoms with Crippen molar-refractivity contribution in [2.24, 2.45) is 16.6 Å². The zero-order valence-corrected chi connectivity index (χ0v) is 18.1. The average Bonchev–Trinajstić information content (AvgIpc) is 2.62. The van der Waals surface area contributed by atoms with E-state index in [2.05, 4.69) is 16.9 Å². The first kappa shape index (κ1) is 25.4. The largest absolute Gasteiger partial charge is 0.386 e. The minimum atomic E-state index is -0.937. The van der Waals surface area contributed by atoms with Gasteiger partial charge in [0.05, 0.1) is 12.6 Å². The Kier molecular flexibility index (Phi) is 13.5. The summed E-state index contributed by atoms with van der Waals surface area (Å²) in [5.41, 5.74) is 8.90. The van der Waals surface area contributed by atoms with Crippen molar-refractivity contribution in [3.05, 3.63) is 58.8 Å². The Balaban J connectivity index is 5.17. The lowest BCUT2D eigenvalue weighted by Crippen LogP contribution is -2.23. The van der Waals surface area contributed by atoms with Crippen molar-refractivity contribution < 1.29 is 4.39 Å². The molecule has 0 saturated heterocycles. The SMILES string of the molecule is C=C(Cl)/C(=C/NCC(/C=N\CC(F)C(C)C)=C/C(C)=C/C)C(N)/C=C\CC. The molecule has 3 nitrogen and oxygen atoms in total. The minimum absolute atomic E-state index is 0.0390. The van der Waals surface area contributed by atoms with E-state index in [0.29, 0.717) is 11.6 Å². The van der Waals surface area contributed by atoms with Crippen molar-refractivity contribution in [2.45, 2.75) is 53.3 Å². The van der Waals surface area contributed by atoms with Crippen molar-refractivity contribution in [3.8, 4) is 0 Å². The molecule has 0 heterocycles. The van der Waals surface area contributed by atoms with E-state index in [0.717, 1.165) is 23.1 Å². The smallest absolute Gasteiger partial charge is 0.122 e. The number of nitrogens with zero attached hydrogens (tertiary/aromatic N) is 1. The van der Waals surface area contributed by atoms with E-state index in [1.54, 1.807) is 12.4 Å². The molecule has 0 aromatic rings. The van der Waals surface area contributed by atoms with Crippen LogP contribution in [0.1, 0.15) is 41.0 Å². The molecule has 5 heteroatoms. The molecule has 2 unspecified atom stereocenters. The van der Waals surface area contributed by atoms with E-state index in [-0.39, 0.29) is 18.5 Å². The first-order chi connectivity index (χ1) is 12.7. The Morgan fingerprint density at radius 3 is 2.56 bits per heavy atom. The molecule has 27 heavy (non-hydrogen) atoms. The van der Waals surface area contributed by atoms with Gasteiger partial charge in [0, 0.05) is 29.6 Å². The van der Waals surface area contributed by atoms with E-state index >= 15 is 0 Å². The van der Waals surface area contributed by atoms with Crippen molar-refractivity contribution in [3.63, 3.8) is 0 Å². The lowest BCUT2D eigenvalue weighted by molar-refractivity contribution is 0.264. The Labute approximate surface area is 169 Å². The van der Waals surface area contributed by atoms with Crippen LogP contribution in [0.2, 0.25) is 0 Å². The van der Waals surface area contributed by atoms with Crippen LogP contribution in [0.4, 0.5) is 4.39 Å². The zero-order chi connectivity index (χ0) is 20.8. The lowest BCUT2D eigenvalue weighted by Gasteiger charge is -2.13. The number of rotatable bonds is 12. The summed E-state index contributed by atoms with van der Waals surface area (Å²) in [6.45, 7) is 14.2. The van der Waals surface area contributed by atoms with Crippen LogP contribution in [0.5, 0.6) is 0 Å². The zero-order valence-electron chi connectivity index (χ0n) is 17.3. The number of alkyl halides is 1. The highest BCUT2D eigenvalue weighted by Crippen LogP contribution is 2.15. The normalized spacial score (nSPS) is 16.4. The van der Waals surface area contributed by atoms with E-state index < -0.39 is 6.17 Å². The highest BCUT2D eigenvalue weighted by Gasteiger charge is 2.10. The van der Waals surface area contributed by atoms with Crippen molar-refractivity contribution >= 4 is 17.8 Å². The molecule has 0 rings (SSSR count). The molecular weight excluding hydrogens is 361 g/mol. The van der Waals surface area contributed by atoms with Gasteiger partial charge in [-0.1, -0.05) is 68.8 Å². The van der Waals surface area contributed by atoms with Gasteiger partial charge in [0.2, 0.25) is 0 Å². The van der Waals surface area contributed by atoms with Gasteiger partial charge in [0.1, 0.15) is 6.17 Å². The van der Waals surface area contributed by atoms with Crippen LogP contribution in [-0.4, -0.2) is 31.5 Å². The van der Waals surface area contributed by atoms with Crippen LogP contribution < -0.4 is 11.1 Å². The number of nitrogens with one attached hydrogen (secondary N) is 1. The third-order valence-electron chi connectivity index (χ3n) is 3.94. The summed E-state index contributed by atoms with van der Waals surface area (Å²) in [5.74, 6) is -0.0390. The molecule has 0 saturated carbocycles. The summed E-state index contributed by atoms with van der Waals surface area (Å²) in [6, 6.07) is -0.320. The third kappa shape index (κ3) is 11.6. The second-order valence-corrected chi connectivity index (χ2v) is 7.21. The molecule has 0 bridgehead atoms. The van der Waals surface area contributed by atoms with Crippen molar-refractivity contribution in [1.82, 2.24) is 5.32 Å². The molecule has 0 aliphatic heterocycles. The molecule has 3 N–H and O–H groups in total. The van der Waals surface area contributed by atoms with Crippen molar-refractivity contribution in [1.29, 1.82) is 0 Å². The highest BCUT2D eigenvalue weighted by atomic mass is 35.5. The quantitative estimate of drug-likeness (QED) is 0.262. The van der Waals surface area contributed by atoms with E-state index in [1.165, 1.54) is 0 Å². The number of aliphatic imine (C=N–C) groups is 1. The summed E-state index contributed by atoms with van der Waals surface area (Å²) in [4.78, 5) is 4.25. The second-order valence-electron chi connectivity index (χ2n) is 6.75. The van der Waals surface area contributed by atoms with Gasteiger partial charge in [-0.15, -0.1) is 0 Å². The fraction of sp³-hybridized carbons (Fsp3) is 0.500. The first-order valence-electron chi connectivity index (χ1n) is 9.40. The molecule has 0 spiro atoms. The summed E-state index contributed by atoms with van der Waals surface area (Å²) in [5, 5.41) is 3.61. The molecule has 0 amide bonds. The number of hydrogen-bond acceptors (Lipinski definition) is 3. The summed E-state index contributed by atoms with van der Waals surface area (Å²) in [6.07, 6.45) is 11.4. The molecule has 0 fully saturated rings. The van der Waals surface area contributed by atoms with Crippen LogP contribution in [-0.2, 0) is 0 Å². The van der Waals surface area contributed by atoms with Crippen LogP contribution in [0, 0.1) is 5.92 Å². The number of allylic oxidation sites excluding steroid dienone is 4. The van der Waals surface area contributed by atoms with Crippen LogP contribution in [0.15, 0.2) is 63.8 Å².